The maximum Gasteiger partial charge on any atom is 0.224 e. The van der Waals surface area contributed by atoms with Crippen molar-refractivity contribution in [3.8, 4) is 0 Å². The third kappa shape index (κ3) is 4.79. The predicted molar refractivity (Wildman–Crippen MR) is 149 cm³/mol. The van der Waals surface area contributed by atoms with Crippen LogP contribution in [-0.4, -0.2) is 45.8 Å². The summed E-state index contributed by atoms with van der Waals surface area (Å²) < 4.78 is 0. The van der Waals surface area contributed by atoms with Crippen LogP contribution in [0.2, 0.25) is 0 Å². The summed E-state index contributed by atoms with van der Waals surface area (Å²) >= 11 is 1.67. The van der Waals surface area contributed by atoms with Gasteiger partial charge in [0.25, 0.3) is 0 Å². The van der Waals surface area contributed by atoms with E-state index in [1.807, 2.05) is 30.5 Å². The molecule has 1 aromatic rings. The quantitative estimate of drug-likeness (QED) is 0.354. The second-order valence-electron chi connectivity index (χ2n) is 13.3. The van der Waals surface area contributed by atoms with E-state index in [1.54, 1.807) is 11.8 Å². The van der Waals surface area contributed by atoms with Crippen molar-refractivity contribution in [2.75, 3.05) is 11.6 Å². The van der Waals surface area contributed by atoms with Crippen LogP contribution >= 0.6 is 11.8 Å². The summed E-state index contributed by atoms with van der Waals surface area (Å²) in [6.07, 6.45) is 8.63. The van der Waals surface area contributed by atoms with Crippen molar-refractivity contribution in [3.63, 3.8) is 0 Å². The molecule has 5 nitrogen and oxygen atoms in total. The molecule has 0 heterocycles. The highest BCUT2D eigenvalue weighted by Gasteiger charge is 2.65. The Labute approximate surface area is 227 Å². The fourth-order valence-corrected chi connectivity index (χ4v) is 10.1. The second-order valence-corrected chi connectivity index (χ2v) is 14.2. The molecule has 0 bridgehead atoms. The normalized spacial score (nSPS) is 43.9. The van der Waals surface area contributed by atoms with E-state index in [1.165, 1.54) is 0 Å². The smallest absolute Gasteiger partial charge is 0.224 e. The number of amides is 1. The molecule has 4 saturated carbocycles. The number of thioether (sulfide) groups is 1. The van der Waals surface area contributed by atoms with Gasteiger partial charge in [0.15, 0.2) is 0 Å². The van der Waals surface area contributed by atoms with Crippen LogP contribution in [-0.2, 0) is 4.79 Å². The standard InChI is InChI=1S/C31H47NO4S/c1-18(8-11-28(36)32-20-6-5-7-22(16-20)37-4)23-9-10-24-29-25(17-27(35)31(23,24)3)30(2)13-12-21(33)14-19(30)15-26(29)34/h5-7,16,18-19,21,23-27,29,33-35H,8-15,17H2,1-4H3,(H,32,36)/t18-,19-,21-,23+,24-,25-,26-,27+,29+,30+,31-/m1/s1. The van der Waals surface area contributed by atoms with Gasteiger partial charge in [-0.1, -0.05) is 26.8 Å². The number of benzene rings is 1. The second kappa shape index (κ2) is 10.5. The van der Waals surface area contributed by atoms with Gasteiger partial charge in [-0.15, -0.1) is 11.8 Å². The minimum Gasteiger partial charge on any atom is -0.393 e. The Morgan fingerprint density at radius 1 is 1.11 bits per heavy atom. The Morgan fingerprint density at radius 3 is 2.65 bits per heavy atom. The van der Waals surface area contributed by atoms with Gasteiger partial charge in [-0.25, -0.2) is 0 Å². The molecule has 37 heavy (non-hydrogen) atoms. The first kappa shape index (κ1) is 27.5. The van der Waals surface area contributed by atoms with Crippen molar-refractivity contribution in [2.24, 2.45) is 46.3 Å². The number of anilines is 1. The van der Waals surface area contributed by atoms with Crippen LogP contribution in [0.3, 0.4) is 0 Å². The van der Waals surface area contributed by atoms with Crippen molar-refractivity contribution >= 4 is 23.4 Å². The van der Waals surface area contributed by atoms with Gasteiger partial charge < -0.3 is 20.6 Å². The van der Waals surface area contributed by atoms with E-state index in [0.717, 1.165) is 61.9 Å². The number of rotatable bonds is 6. The number of nitrogens with one attached hydrogen (secondary N) is 1. The summed E-state index contributed by atoms with van der Waals surface area (Å²) in [5, 5.41) is 36.6. The molecule has 206 valence electrons. The minimum atomic E-state index is -0.383. The molecule has 0 saturated heterocycles. The van der Waals surface area contributed by atoms with E-state index in [4.69, 9.17) is 0 Å². The maximum atomic E-state index is 12.8. The summed E-state index contributed by atoms with van der Waals surface area (Å²) in [5.41, 5.74) is 0.725. The van der Waals surface area contributed by atoms with Crippen LogP contribution in [0.5, 0.6) is 0 Å². The van der Waals surface area contributed by atoms with Gasteiger partial charge in [0.05, 0.1) is 18.3 Å². The molecule has 4 fully saturated rings. The van der Waals surface area contributed by atoms with Crippen molar-refractivity contribution in [3.05, 3.63) is 24.3 Å². The summed E-state index contributed by atoms with van der Waals surface area (Å²) in [7, 11) is 0. The molecule has 0 aromatic heterocycles. The molecule has 1 aromatic carbocycles. The molecular weight excluding hydrogens is 482 g/mol. The largest absolute Gasteiger partial charge is 0.393 e. The fraction of sp³-hybridized carbons (Fsp3) is 0.774. The number of fused-ring (bicyclic) bond motifs is 5. The number of carbonyl (C=O) groups excluding carboxylic acids is 1. The van der Waals surface area contributed by atoms with E-state index in [9.17, 15) is 20.1 Å². The monoisotopic (exact) mass is 529 g/mol. The van der Waals surface area contributed by atoms with E-state index in [-0.39, 0.29) is 41.0 Å². The number of hydrogen-bond acceptors (Lipinski definition) is 5. The third-order valence-corrected chi connectivity index (χ3v) is 12.4. The van der Waals surface area contributed by atoms with Crippen molar-refractivity contribution in [1.29, 1.82) is 0 Å². The number of aliphatic hydroxyl groups excluding tert-OH is 3. The molecule has 4 aliphatic carbocycles. The molecule has 11 atom stereocenters. The Morgan fingerprint density at radius 2 is 1.89 bits per heavy atom. The molecule has 0 radical (unpaired) electrons. The highest BCUT2D eigenvalue weighted by Crippen LogP contribution is 2.68. The summed E-state index contributed by atoms with van der Waals surface area (Å²) in [4.78, 5) is 13.9. The van der Waals surface area contributed by atoms with Gasteiger partial charge in [-0.05, 0) is 122 Å². The molecule has 0 spiro atoms. The minimum absolute atomic E-state index is 0.0511. The molecule has 6 heteroatoms. The highest BCUT2D eigenvalue weighted by atomic mass is 32.2. The van der Waals surface area contributed by atoms with E-state index >= 15 is 0 Å². The first-order valence-electron chi connectivity index (χ1n) is 14.6. The summed E-state index contributed by atoms with van der Waals surface area (Å²) in [6.45, 7) is 6.92. The molecule has 5 rings (SSSR count). The number of hydrogen-bond donors (Lipinski definition) is 4. The van der Waals surface area contributed by atoms with Gasteiger partial charge in [0, 0.05) is 17.0 Å². The van der Waals surface area contributed by atoms with Crippen molar-refractivity contribution in [1.82, 2.24) is 0 Å². The SMILES string of the molecule is CSc1cccc(NC(=O)CC[C@@H](C)[C@@H]2CC[C@@H]3[C@@H]4[C@H](O)C[C@H]5C[C@H](O)CC[C@]5(C)[C@@H]4C[C@H](O)[C@@]32C)c1. The van der Waals surface area contributed by atoms with Gasteiger partial charge >= 0.3 is 0 Å². The van der Waals surface area contributed by atoms with Crippen LogP contribution in [0.25, 0.3) is 0 Å². The maximum absolute atomic E-state index is 12.8. The Hall–Kier alpha value is -1.08. The summed E-state index contributed by atoms with van der Waals surface area (Å²) in [5.74, 6) is 1.94. The zero-order chi connectivity index (χ0) is 26.5. The van der Waals surface area contributed by atoms with Gasteiger partial charge in [-0.2, -0.15) is 0 Å². The molecule has 1 amide bonds. The van der Waals surface area contributed by atoms with Gasteiger partial charge in [0.2, 0.25) is 5.91 Å². The zero-order valence-corrected chi connectivity index (χ0v) is 23.8. The van der Waals surface area contributed by atoms with Gasteiger partial charge in [0.1, 0.15) is 0 Å². The topological polar surface area (TPSA) is 89.8 Å². The third-order valence-electron chi connectivity index (χ3n) is 11.7. The zero-order valence-electron chi connectivity index (χ0n) is 23.0. The first-order valence-corrected chi connectivity index (χ1v) is 15.8. The van der Waals surface area contributed by atoms with E-state index < -0.39 is 0 Å². The van der Waals surface area contributed by atoms with Crippen LogP contribution in [0.1, 0.15) is 78.6 Å². The Balaban J connectivity index is 1.27. The van der Waals surface area contributed by atoms with Crippen LogP contribution < -0.4 is 5.32 Å². The van der Waals surface area contributed by atoms with Gasteiger partial charge in [-0.3, -0.25) is 4.79 Å². The van der Waals surface area contributed by atoms with Crippen molar-refractivity contribution in [2.45, 2.75) is 102 Å². The van der Waals surface area contributed by atoms with Crippen molar-refractivity contribution < 1.29 is 20.1 Å². The number of aliphatic hydroxyl groups is 3. The fourth-order valence-electron chi connectivity index (χ4n) is 9.62. The molecule has 4 aliphatic rings. The average Bonchev–Trinajstić information content (AvgIpc) is 3.23. The average molecular weight is 530 g/mol. The highest BCUT2D eigenvalue weighted by molar-refractivity contribution is 7.98. The molecule has 4 N–H and O–H groups in total. The Kier molecular flexibility index (Phi) is 7.78. The first-order chi connectivity index (χ1) is 17.6. The summed E-state index contributed by atoms with van der Waals surface area (Å²) in [6, 6.07) is 7.96. The molecular formula is C31H47NO4S. The predicted octanol–water partition coefficient (Wildman–Crippen LogP) is 5.72. The molecule has 0 unspecified atom stereocenters. The lowest BCUT2D eigenvalue weighted by Gasteiger charge is -2.63. The van der Waals surface area contributed by atoms with E-state index in [2.05, 4.69) is 26.1 Å². The lowest BCUT2D eigenvalue weighted by atomic mass is 9.43. The molecule has 0 aliphatic heterocycles. The lowest BCUT2D eigenvalue weighted by Crippen LogP contribution is -2.62. The van der Waals surface area contributed by atoms with E-state index in [0.29, 0.717) is 36.0 Å². The van der Waals surface area contributed by atoms with Crippen LogP contribution in [0.4, 0.5) is 5.69 Å². The number of carbonyl (C=O) groups is 1. The Bertz CT molecular complexity index is 988. The van der Waals surface area contributed by atoms with Crippen LogP contribution in [0.15, 0.2) is 29.2 Å². The van der Waals surface area contributed by atoms with Crippen LogP contribution in [0, 0.1) is 46.3 Å². The lowest BCUT2D eigenvalue weighted by molar-refractivity contribution is -0.207.